The van der Waals surface area contributed by atoms with Crippen LogP contribution in [0.4, 0.5) is 30.7 Å². The van der Waals surface area contributed by atoms with Gasteiger partial charge in [-0.25, -0.2) is 8.42 Å². The molecule has 0 radical (unpaired) electrons. The molecule has 1 fully saturated rings. The summed E-state index contributed by atoms with van der Waals surface area (Å²) >= 11 is 0. The molecule has 1 unspecified atom stereocenters. The van der Waals surface area contributed by atoms with E-state index in [4.69, 9.17) is 0 Å². The quantitative estimate of drug-likeness (QED) is 0.622. The Labute approximate surface area is 79.0 Å². The lowest BCUT2D eigenvalue weighted by atomic mass is 10.0. The summed E-state index contributed by atoms with van der Waals surface area (Å²) in [6.07, 6.45) is -5.68. The van der Waals surface area contributed by atoms with Crippen LogP contribution in [0.5, 0.6) is 0 Å². The van der Waals surface area contributed by atoms with Crippen LogP contribution in [0.1, 0.15) is 0 Å². The standard InChI is InChI=1S/C5H3F7O2S/c6-3(7)2(4(8,9)10)1-15(13,14)5(3,11)12/h2H,1H2. The van der Waals surface area contributed by atoms with Crippen molar-refractivity contribution < 1.29 is 39.2 Å². The molecule has 0 aromatic heterocycles. The van der Waals surface area contributed by atoms with Crippen molar-refractivity contribution in [3.8, 4) is 0 Å². The number of rotatable bonds is 0. The van der Waals surface area contributed by atoms with Crippen LogP contribution in [0, 0.1) is 5.92 Å². The van der Waals surface area contributed by atoms with Crippen LogP contribution in [0.2, 0.25) is 0 Å². The lowest BCUT2D eigenvalue weighted by molar-refractivity contribution is -0.266. The van der Waals surface area contributed by atoms with Crippen molar-refractivity contribution in [2.24, 2.45) is 5.92 Å². The maximum absolute atomic E-state index is 12.5. The number of sulfone groups is 1. The predicted molar refractivity (Wildman–Crippen MR) is 33.2 cm³/mol. The molecule has 0 N–H and O–H groups in total. The number of halogens is 7. The molecule has 0 aromatic rings. The van der Waals surface area contributed by atoms with Gasteiger partial charge in [0.05, 0.1) is 5.75 Å². The molecule has 0 saturated carbocycles. The molecular weight excluding hydrogens is 257 g/mol. The van der Waals surface area contributed by atoms with Gasteiger partial charge in [0, 0.05) is 0 Å². The van der Waals surface area contributed by atoms with Gasteiger partial charge in [-0.05, 0) is 0 Å². The SMILES string of the molecule is O=S1(=O)CC(C(F)(F)F)C(F)(F)C1(F)F. The van der Waals surface area contributed by atoms with Crippen molar-refractivity contribution in [1.29, 1.82) is 0 Å². The Morgan fingerprint density at radius 3 is 1.60 bits per heavy atom. The van der Waals surface area contributed by atoms with Crippen LogP contribution in [-0.2, 0) is 9.84 Å². The Kier molecular flexibility index (Phi) is 2.31. The maximum atomic E-state index is 12.5. The fourth-order valence-corrected chi connectivity index (χ4v) is 2.74. The zero-order valence-electron chi connectivity index (χ0n) is 6.65. The highest BCUT2D eigenvalue weighted by molar-refractivity contribution is 7.92. The maximum Gasteiger partial charge on any atom is 0.407 e. The van der Waals surface area contributed by atoms with E-state index in [2.05, 4.69) is 0 Å². The highest BCUT2D eigenvalue weighted by Gasteiger charge is 2.80. The van der Waals surface area contributed by atoms with Gasteiger partial charge in [0.15, 0.2) is 0 Å². The van der Waals surface area contributed by atoms with Crippen molar-refractivity contribution in [2.45, 2.75) is 17.4 Å². The molecular formula is C5H3F7O2S. The van der Waals surface area contributed by atoms with Gasteiger partial charge in [-0.2, -0.15) is 30.7 Å². The monoisotopic (exact) mass is 260 g/mol. The molecule has 0 amide bonds. The van der Waals surface area contributed by atoms with Gasteiger partial charge >= 0.3 is 17.4 Å². The molecule has 15 heavy (non-hydrogen) atoms. The summed E-state index contributed by atoms with van der Waals surface area (Å²) < 4.78 is 106. The summed E-state index contributed by atoms with van der Waals surface area (Å²) in [7, 11) is -5.77. The van der Waals surface area contributed by atoms with Gasteiger partial charge in [0.2, 0.25) is 9.84 Å². The third-order valence-corrected chi connectivity index (χ3v) is 3.82. The van der Waals surface area contributed by atoms with Gasteiger partial charge in [-0.1, -0.05) is 0 Å². The number of hydrogen-bond acceptors (Lipinski definition) is 2. The molecule has 1 atom stereocenters. The van der Waals surface area contributed by atoms with Gasteiger partial charge in [-0.15, -0.1) is 0 Å². The summed E-state index contributed by atoms with van der Waals surface area (Å²) in [4.78, 5) is 0. The molecule has 1 saturated heterocycles. The Hall–Kier alpha value is -0.540. The largest absolute Gasteiger partial charge is 0.407 e. The van der Waals surface area contributed by atoms with E-state index in [1.54, 1.807) is 0 Å². The average Bonchev–Trinajstić information content (AvgIpc) is 2.07. The van der Waals surface area contributed by atoms with Crippen LogP contribution in [0.15, 0.2) is 0 Å². The van der Waals surface area contributed by atoms with Crippen molar-refractivity contribution in [1.82, 2.24) is 0 Å². The fourth-order valence-electron chi connectivity index (χ4n) is 1.14. The minimum Gasteiger partial charge on any atom is -0.222 e. The van der Waals surface area contributed by atoms with Gasteiger partial charge in [-0.3, -0.25) is 0 Å². The van der Waals surface area contributed by atoms with Crippen LogP contribution in [-0.4, -0.2) is 31.5 Å². The smallest absolute Gasteiger partial charge is 0.222 e. The molecule has 90 valence electrons. The Morgan fingerprint density at radius 2 is 1.47 bits per heavy atom. The normalized spacial score (nSPS) is 32.9. The van der Waals surface area contributed by atoms with Crippen molar-refractivity contribution in [3.63, 3.8) is 0 Å². The zero-order chi connectivity index (χ0) is 12.3. The number of hydrogen-bond donors (Lipinski definition) is 0. The van der Waals surface area contributed by atoms with E-state index in [1.807, 2.05) is 0 Å². The molecule has 1 heterocycles. The lowest BCUT2D eigenvalue weighted by Crippen LogP contribution is -2.46. The molecule has 0 bridgehead atoms. The van der Waals surface area contributed by atoms with Crippen LogP contribution in [0.25, 0.3) is 0 Å². The van der Waals surface area contributed by atoms with Crippen LogP contribution < -0.4 is 0 Å². The zero-order valence-corrected chi connectivity index (χ0v) is 7.47. The van der Waals surface area contributed by atoms with E-state index in [-0.39, 0.29) is 0 Å². The number of alkyl halides is 7. The molecule has 0 aliphatic carbocycles. The van der Waals surface area contributed by atoms with Crippen LogP contribution in [0.3, 0.4) is 0 Å². The van der Waals surface area contributed by atoms with Gasteiger partial charge in [0.1, 0.15) is 5.92 Å². The Balaban J connectivity index is 3.33. The third-order valence-electron chi connectivity index (χ3n) is 2.00. The second kappa shape index (κ2) is 2.77. The van der Waals surface area contributed by atoms with Crippen molar-refractivity contribution in [2.75, 3.05) is 5.75 Å². The van der Waals surface area contributed by atoms with Gasteiger partial charge in [0.25, 0.3) is 0 Å². The topological polar surface area (TPSA) is 34.1 Å². The second-order valence-corrected chi connectivity index (χ2v) is 5.09. The Morgan fingerprint density at radius 1 is 1.07 bits per heavy atom. The first-order chi connectivity index (χ1) is 6.34. The Bertz CT molecular complexity index is 367. The summed E-state index contributed by atoms with van der Waals surface area (Å²) in [6, 6.07) is 0. The first kappa shape index (κ1) is 12.5. The fraction of sp³-hybridized carbons (Fsp3) is 1.00. The minimum absolute atomic E-state index is 2.30. The average molecular weight is 260 g/mol. The molecule has 1 rings (SSSR count). The van der Waals surface area contributed by atoms with E-state index in [0.29, 0.717) is 0 Å². The van der Waals surface area contributed by atoms with E-state index in [1.165, 1.54) is 0 Å². The molecule has 0 spiro atoms. The van der Waals surface area contributed by atoms with E-state index in [0.717, 1.165) is 0 Å². The van der Waals surface area contributed by atoms with Gasteiger partial charge < -0.3 is 0 Å². The molecule has 1 aliphatic rings. The second-order valence-electron chi connectivity index (χ2n) is 3.02. The molecule has 1 aliphatic heterocycles. The van der Waals surface area contributed by atoms with E-state index >= 15 is 0 Å². The van der Waals surface area contributed by atoms with E-state index in [9.17, 15) is 39.2 Å². The molecule has 10 heteroatoms. The molecule has 2 nitrogen and oxygen atoms in total. The lowest BCUT2D eigenvalue weighted by Gasteiger charge is -2.23. The third kappa shape index (κ3) is 1.49. The summed E-state index contributed by atoms with van der Waals surface area (Å²) in [5.41, 5.74) is 0. The highest BCUT2D eigenvalue weighted by Crippen LogP contribution is 2.55. The first-order valence-electron chi connectivity index (χ1n) is 3.38. The first-order valence-corrected chi connectivity index (χ1v) is 5.04. The summed E-state index contributed by atoms with van der Waals surface area (Å²) in [6.45, 7) is 0. The molecule has 0 aromatic carbocycles. The summed E-state index contributed by atoms with van der Waals surface area (Å²) in [5.74, 6) is -11.8. The van der Waals surface area contributed by atoms with Crippen molar-refractivity contribution in [3.05, 3.63) is 0 Å². The predicted octanol–water partition coefficient (Wildman–Crippen LogP) is 1.82. The van der Waals surface area contributed by atoms with E-state index < -0.39 is 38.9 Å². The summed E-state index contributed by atoms with van der Waals surface area (Å²) in [5, 5.41) is -5.67. The highest BCUT2D eigenvalue weighted by atomic mass is 32.2. The van der Waals surface area contributed by atoms with Crippen LogP contribution >= 0.6 is 0 Å². The minimum atomic E-state index is -5.77. The van der Waals surface area contributed by atoms with Crippen molar-refractivity contribution >= 4 is 9.84 Å².